The van der Waals surface area contributed by atoms with Gasteiger partial charge in [-0.05, 0) is 49.4 Å². The van der Waals surface area contributed by atoms with Gasteiger partial charge in [-0.25, -0.2) is 14.8 Å². The van der Waals surface area contributed by atoms with E-state index in [1.54, 1.807) is 47.3 Å². The summed E-state index contributed by atoms with van der Waals surface area (Å²) in [6.45, 7) is 3.88. The topological polar surface area (TPSA) is 101 Å². The first kappa shape index (κ1) is 22.4. The fraction of sp³-hybridized carbons (Fsp3) is 0.231. The highest BCUT2D eigenvalue weighted by Gasteiger charge is 2.26. The van der Waals surface area contributed by atoms with Crippen LogP contribution in [0.15, 0.2) is 67.0 Å². The van der Waals surface area contributed by atoms with Crippen LogP contribution < -0.4 is 0 Å². The molecule has 1 aromatic carbocycles. The summed E-state index contributed by atoms with van der Waals surface area (Å²) in [7, 11) is 0. The summed E-state index contributed by atoms with van der Waals surface area (Å²) >= 11 is 0. The molecule has 1 aliphatic rings. The first-order valence-electron chi connectivity index (χ1n) is 11.5. The molecule has 9 nitrogen and oxygen atoms in total. The van der Waals surface area contributed by atoms with Crippen LogP contribution >= 0.6 is 0 Å². The number of pyridine rings is 2. The van der Waals surface area contributed by atoms with Crippen molar-refractivity contribution in [2.45, 2.75) is 6.92 Å². The Morgan fingerprint density at radius 2 is 1.40 bits per heavy atom. The molecule has 0 saturated carbocycles. The van der Waals surface area contributed by atoms with Gasteiger partial charge in [-0.3, -0.25) is 14.8 Å². The van der Waals surface area contributed by atoms with Gasteiger partial charge in [0.15, 0.2) is 0 Å². The van der Waals surface area contributed by atoms with Crippen molar-refractivity contribution in [1.29, 1.82) is 0 Å². The second-order valence-corrected chi connectivity index (χ2v) is 8.03. The zero-order valence-corrected chi connectivity index (χ0v) is 19.3. The smallest absolute Gasteiger partial charge is 0.409 e. The molecule has 4 heterocycles. The van der Waals surface area contributed by atoms with Gasteiger partial charge in [-0.2, -0.15) is 0 Å². The first-order chi connectivity index (χ1) is 17.1. The fourth-order valence-electron chi connectivity index (χ4n) is 4.04. The van der Waals surface area contributed by atoms with Crippen molar-refractivity contribution in [3.63, 3.8) is 0 Å². The Hall–Kier alpha value is -4.40. The minimum atomic E-state index is -0.341. The zero-order chi connectivity index (χ0) is 24.2. The minimum Gasteiger partial charge on any atom is -0.450 e. The largest absolute Gasteiger partial charge is 0.450 e. The third-order valence-corrected chi connectivity index (χ3v) is 5.82. The summed E-state index contributed by atoms with van der Waals surface area (Å²) in [4.78, 5) is 47.1. The van der Waals surface area contributed by atoms with E-state index in [1.165, 1.54) is 0 Å². The lowest BCUT2D eigenvalue weighted by Gasteiger charge is -2.34. The van der Waals surface area contributed by atoms with E-state index in [0.29, 0.717) is 72.2 Å². The number of hydrogen-bond donors (Lipinski definition) is 0. The third kappa shape index (κ3) is 4.65. The highest BCUT2D eigenvalue weighted by atomic mass is 16.6. The van der Waals surface area contributed by atoms with Gasteiger partial charge in [0.1, 0.15) is 11.4 Å². The molecule has 0 bridgehead atoms. The Bertz CT molecular complexity index is 1360. The average molecular weight is 469 g/mol. The second kappa shape index (κ2) is 9.84. The minimum absolute atomic E-state index is 0.106. The van der Waals surface area contributed by atoms with E-state index in [0.717, 1.165) is 0 Å². The lowest BCUT2D eigenvalue weighted by molar-refractivity contribution is 0.0570. The maximum atomic E-state index is 13.2. The molecule has 35 heavy (non-hydrogen) atoms. The molecule has 0 unspecified atom stereocenters. The Balaban J connectivity index is 1.46. The maximum absolute atomic E-state index is 13.2. The molecule has 5 rings (SSSR count). The summed E-state index contributed by atoms with van der Waals surface area (Å²) < 4.78 is 5.06. The quantitative estimate of drug-likeness (QED) is 0.450. The van der Waals surface area contributed by atoms with Crippen molar-refractivity contribution >= 4 is 23.0 Å². The van der Waals surface area contributed by atoms with E-state index >= 15 is 0 Å². The standard InChI is InChI=1S/C26H24N6O3/c1-2-35-26(34)32-15-13-31(14-16-32)25(33)18-9-10-19-22(17-18)30-24(21-8-4-6-12-28-21)23(29-19)20-7-3-5-11-27-20/h3-12,17H,2,13-16H2,1H3. The van der Waals surface area contributed by atoms with Crippen LogP contribution in [0.4, 0.5) is 4.79 Å². The average Bonchev–Trinajstić information content (AvgIpc) is 2.93. The third-order valence-electron chi connectivity index (χ3n) is 5.82. The molecule has 2 amide bonds. The van der Waals surface area contributed by atoms with Crippen LogP contribution in [0, 0.1) is 0 Å². The van der Waals surface area contributed by atoms with Gasteiger partial charge < -0.3 is 14.5 Å². The van der Waals surface area contributed by atoms with Crippen molar-refractivity contribution in [2.24, 2.45) is 0 Å². The number of carbonyl (C=O) groups excluding carboxylic acids is 2. The molecule has 3 aromatic heterocycles. The van der Waals surface area contributed by atoms with Crippen molar-refractivity contribution < 1.29 is 14.3 Å². The Kier molecular flexibility index (Phi) is 6.30. The van der Waals surface area contributed by atoms with Gasteiger partial charge in [0.05, 0.1) is 29.0 Å². The highest BCUT2D eigenvalue weighted by Crippen LogP contribution is 2.29. The normalized spacial score (nSPS) is 13.6. The van der Waals surface area contributed by atoms with Gasteiger partial charge in [0.2, 0.25) is 0 Å². The molecule has 0 N–H and O–H groups in total. The summed E-state index contributed by atoms with van der Waals surface area (Å²) in [5, 5.41) is 0. The van der Waals surface area contributed by atoms with Crippen molar-refractivity contribution in [3.05, 3.63) is 72.6 Å². The molecule has 9 heteroatoms. The molecular weight excluding hydrogens is 444 g/mol. The van der Waals surface area contributed by atoms with E-state index in [-0.39, 0.29) is 12.0 Å². The lowest BCUT2D eigenvalue weighted by Crippen LogP contribution is -2.50. The van der Waals surface area contributed by atoms with Crippen LogP contribution in [0.25, 0.3) is 33.8 Å². The lowest BCUT2D eigenvalue weighted by atomic mass is 10.1. The monoisotopic (exact) mass is 468 g/mol. The molecular formula is C26H24N6O3. The van der Waals surface area contributed by atoms with Crippen molar-refractivity contribution in [3.8, 4) is 22.8 Å². The summed E-state index contributed by atoms with van der Waals surface area (Å²) in [6, 6.07) is 16.6. The molecule has 1 fully saturated rings. The highest BCUT2D eigenvalue weighted by molar-refractivity contribution is 5.98. The molecule has 1 aliphatic heterocycles. The van der Waals surface area contributed by atoms with Gasteiger partial charge in [0.25, 0.3) is 5.91 Å². The SMILES string of the molecule is CCOC(=O)N1CCN(C(=O)c2ccc3nc(-c4ccccn4)c(-c4ccccn4)nc3c2)CC1. The molecule has 0 aliphatic carbocycles. The van der Waals surface area contributed by atoms with Gasteiger partial charge in [-0.15, -0.1) is 0 Å². The predicted octanol–water partition coefficient (Wildman–Crippen LogP) is 3.67. The van der Waals surface area contributed by atoms with Crippen molar-refractivity contribution in [1.82, 2.24) is 29.7 Å². The zero-order valence-electron chi connectivity index (χ0n) is 19.3. The number of fused-ring (bicyclic) bond motifs is 1. The van der Waals surface area contributed by atoms with Crippen LogP contribution in [-0.2, 0) is 4.74 Å². The van der Waals surface area contributed by atoms with Crippen LogP contribution in [-0.4, -0.2) is 74.5 Å². The van der Waals surface area contributed by atoms with Crippen LogP contribution in [0.2, 0.25) is 0 Å². The molecule has 0 radical (unpaired) electrons. The number of rotatable bonds is 4. The number of hydrogen-bond acceptors (Lipinski definition) is 7. The van der Waals surface area contributed by atoms with E-state index in [4.69, 9.17) is 14.7 Å². The Morgan fingerprint density at radius 3 is 1.97 bits per heavy atom. The van der Waals surface area contributed by atoms with E-state index in [2.05, 4.69) is 9.97 Å². The van der Waals surface area contributed by atoms with Gasteiger partial charge >= 0.3 is 6.09 Å². The Morgan fingerprint density at radius 1 is 0.800 bits per heavy atom. The summed E-state index contributed by atoms with van der Waals surface area (Å²) in [6.07, 6.45) is 3.08. The van der Waals surface area contributed by atoms with E-state index in [9.17, 15) is 9.59 Å². The van der Waals surface area contributed by atoms with Crippen LogP contribution in [0.3, 0.4) is 0 Å². The summed E-state index contributed by atoms with van der Waals surface area (Å²) in [5.41, 5.74) is 4.39. The fourth-order valence-corrected chi connectivity index (χ4v) is 4.04. The number of ether oxygens (including phenoxy) is 1. The van der Waals surface area contributed by atoms with Crippen LogP contribution in [0.1, 0.15) is 17.3 Å². The molecule has 1 saturated heterocycles. The molecule has 176 valence electrons. The predicted molar refractivity (Wildman–Crippen MR) is 130 cm³/mol. The van der Waals surface area contributed by atoms with Crippen molar-refractivity contribution in [2.75, 3.05) is 32.8 Å². The number of aromatic nitrogens is 4. The van der Waals surface area contributed by atoms with Crippen LogP contribution in [0.5, 0.6) is 0 Å². The van der Waals surface area contributed by atoms with E-state index < -0.39 is 0 Å². The number of carbonyl (C=O) groups is 2. The second-order valence-electron chi connectivity index (χ2n) is 8.03. The molecule has 4 aromatic rings. The maximum Gasteiger partial charge on any atom is 0.409 e. The number of amides is 2. The summed E-state index contributed by atoms with van der Waals surface area (Å²) in [5.74, 6) is -0.106. The number of piperazine rings is 1. The van der Waals surface area contributed by atoms with E-state index in [1.807, 2.05) is 36.4 Å². The van der Waals surface area contributed by atoms with Gasteiger partial charge in [-0.1, -0.05) is 12.1 Å². The Labute approximate surface area is 202 Å². The molecule has 0 spiro atoms. The number of nitrogens with zero attached hydrogens (tertiary/aromatic N) is 6. The first-order valence-corrected chi connectivity index (χ1v) is 11.5. The van der Waals surface area contributed by atoms with Gasteiger partial charge in [0, 0.05) is 44.1 Å². The number of benzene rings is 1. The molecule has 0 atom stereocenters.